The lowest BCUT2D eigenvalue weighted by Crippen LogP contribution is -2.63. The van der Waals surface area contributed by atoms with E-state index in [1.54, 1.807) is 7.11 Å². The summed E-state index contributed by atoms with van der Waals surface area (Å²) >= 11 is 0. The first-order chi connectivity index (χ1) is 16.3. The number of benzene rings is 1. The van der Waals surface area contributed by atoms with E-state index in [0.29, 0.717) is 51.8 Å². The van der Waals surface area contributed by atoms with E-state index in [-0.39, 0.29) is 12.8 Å². The van der Waals surface area contributed by atoms with Crippen LogP contribution in [0.25, 0.3) is 0 Å². The number of sulfonamides is 1. The van der Waals surface area contributed by atoms with Gasteiger partial charge in [-0.05, 0) is 42.9 Å². The van der Waals surface area contributed by atoms with Gasteiger partial charge < -0.3 is 20.3 Å². The molecule has 34 heavy (non-hydrogen) atoms. The lowest BCUT2D eigenvalue weighted by atomic mass is 9.94. The molecule has 0 aromatic heterocycles. The van der Waals surface area contributed by atoms with Crippen molar-refractivity contribution < 1.29 is 17.9 Å². The third-order valence-corrected chi connectivity index (χ3v) is 10.4. The zero-order valence-corrected chi connectivity index (χ0v) is 21.9. The van der Waals surface area contributed by atoms with E-state index in [1.807, 2.05) is 0 Å². The monoisotopic (exact) mass is 494 g/mol. The number of hydrogen-bond acceptors (Lipinski definition) is 6. The van der Waals surface area contributed by atoms with E-state index >= 15 is 0 Å². The number of nitrogens with two attached hydrogens (primary N) is 1. The van der Waals surface area contributed by atoms with Gasteiger partial charge in [-0.1, -0.05) is 38.8 Å². The van der Waals surface area contributed by atoms with Crippen molar-refractivity contribution in [1.82, 2.24) is 9.21 Å². The Morgan fingerprint density at radius 1 is 1.03 bits per heavy atom. The predicted molar refractivity (Wildman–Crippen MR) is 136 cm³/mol. The van der Waals surface area contributed by atoms with Crippen molar-refractivity contribution in [1.29, 1.82) is 0 Å². The van der Waals surface area contributed by atoms with E-state index in [2.05, 4.69) is 47.9 Å². The zero-order valence-electron chi connectivity index (χ0n) is 21.0. The first-order valence-corrected chi connectivity index (χ1v) is 14.1. The van der Waals surface area contributed by atoms with E-state index in [4.69, 9.17) is 10.5 Å². The summed E-state index contributed by atoms with van der Waals surface area (Å²) in [5.41, 5.74) is 8.19. The minimum Gasteiger partial charge on any atom is -0.383 e. The van der Waals surface area contributed by atoms with Crippen molar-refractivity contribution in [3.8, 4) is 0 Å². The summed E-state index contributed by atoms with van der Waals surface area (Å²) in [7, 11) is -2.20. The van der Waals surface area contributed by atoms with Crippen molar-refractivity contribution in [2.75, 3.05) is 64.4 Å². The van der Waals surface area contributed by atoms with Crippen molar-refractivity contribution in [3.05, 3.63) is 29.8 Å². The highest BCUT2D eigenvalue weighted by atomic mass is 32.2. The van der Waals surface area contributed by atoms with Crippen molar-refractivity contribution >= 4 is 21.6 Å². The van der Waals surface area contributed by atoms with E-state index < -0.39 is 20.7 Å². The fourth-order valence-corrected chi connectivity index (χ4v) is 7.27. The Labute approximate surface area is 205 Å². The van der Waals surface area contributed by atoms with Gasteiger partial charge in [-0.2, -0.15) is 4.31 Å². The van der Waals surface area contributed by atoms with Gasteiger partial charge in [0.25, 0.3) is 0 Å². The number of piperidine rings is 1. The summed E-state index contributed by atoms with van der Waals surface area (Å²) in [5, 5.41) is 0. The zero-order chi connectivity index (χ0) is 24.8. The van der Waals surface area contributed by atoms with Crippen LogP contribution in [0.3, 0.4) is 0 Å². The molecular formula is C25H42N4O4S. The molecule has 0 bridgehead atoms. The molecule has 192 valence electrons. The minimum atomic E-state index is -3.85. The highest BCUT2D eigenvalue weighted by Crippen LogP contribution is 2.34. The van der Waals surface area contributed by atoms with Crippen LogP contribution in [0, 0.1) is 5.92 Å². The average molecular weight is 495 g/mol. The maximum atomic E-state index is 13.6. The molecule has 1 aromatic carbocycles. The van der Waals surface area contributed by atoms with E-state index in [1.165, 1.54) is 22.7 Å². The number of methoxy groups -OCH3 is 1. The van der Waals surface area contributed by atoms with Crippen LogP contribution in [0.1, 0.15) is 45.1 Å². The van der Waals surface area contributed by atoms with Gasteiger partial charge in [0.15, 0.2) is 4.75 Å². The molecule has 0 aliphatic carbocycles. The van der Waals surface area contributed by atoms with Gasteiger partial charge in [0.05, 0.1) is 6.61 Å². The van der Waals surface area contributed by atoms with Crippen LogP contribution in [0.2, 0.25) is 0 Å². The van der Waals surface area contributed by atoms with E-state index in [9.17, 15) is 13.2 Å². The number of primary amides is 1. The third kappa shape index (κ3) is 5.75. The molecule has 0 atom stereocenters. The number of nitrogens with zero attached hydrogens (tertiary/aromatic N) is 3. The second-order valence-electron chi connectivity index (χ2n) is 9.64. The van der Waals surface area contributed by atoms with Crippen LogP contribution in [0.4, 0.5) is 5.69 Å². The Hall–Kier alpha value is -1.68. The first kappa shape index (κ1) is 26.9. The topological polar surface area (TPSA) is 96.2 Å². The molecule has 2 heterocycles. The average Bonchev–Trinajstić information content (AvgIpc) is 2.86. The van der Waals surface area contributed by atoms with Crippen LogP contribution in [0.5, 0.6) is 0 Å². The van der Waals surface area contributed by atoms with Crippen molar-refractivity contribution in [2.24, 2.45) is 11.7 Å². The van der Waals surface area contributed by atoms with Crippen LogP contribution in [-0.4, -0.2) is 87.8 Å². The number of hydrogen-bond donors (Lipinski definition) is 1. The molecule has 2 saturated heterocycles. The van der Waals surface area contributed by atoms with Gasteiger partial charge in [-0.25, -0.2) is 8.42 Å². The van der Waals surface area contributed by atoms with Gasteiger partial charge in [-0.15, -0.1) is 0 Å². The van der Waals surface area contributed by atoms with Crippen LogP contribution in [-0.2, 0) is 26.0 Å². The molecule has 8 nitrogen and oxygen atoms in total. The highest BCUT2D eigenvalue weighted by molar-refractivity contribution is 7.91. The van der Waals surface area contributed by atoms with Crippen LogP contribution >= 0.6 is 0 Å². The number of rotatable bonds is 11. The Balaban J connectivity index is 1.62. The fraction of sp³-hybridized carbons (Fsp3) is 0.720. The summed E-state index contributed by atoms with van der Waals surface area (Å²) in [6.45, 7) is 8.74. The Morgan fingerprint density at radius 3 is 2.12 bits per heavy atom. The molecule has 2 aliphatic heterocycles. The lowest BCUT2D eigenvalue weighted by Gasteiger charge is -2.43. The Bertz CT molecular complexity index is 886. The van der Waals surface area contributed by atoms with Crippen LogP contribution in [0.15, 0.2) is 24.3 Å². The van der Waals surface area contributed by atoms with Gasteiger partial charge >= 0.3 is 0 Å². The molecule has 0 radical (unpaired) electrons. The van der Waals surface area contributed by atoms with Gasteiger partial charge in [0, 0.05) is 58.6 Å². The maximum Gasteiger partial charge on any atom is 0.240 e. The molecule has 3 rings (SSSR count). The number of amides is 1. The normalized spacial score (nSPS) is 20.1. The summed E-state index contributed by atoms with van der Waals surface area (Å²) in [6.07, 6.45) is 3.93. The number of piperazine rings is 1. The molecular weight excluding hydrogens is 452 g/mol. The van der Waals surface area contributed by atoms with Crippen molar-refractivity contribution in [3.63, 3.8) is 0 Å². The SMILES string of the molecule is CCC(CC)Cc1ccc(N2CCN(S(=O)(=O)C3(C(N)=O)CCN(CCOC)CC3)CC2)cc1. The minimum absolute atomic E-state index is 0.229. The molecule has 1 aromatic rings. The highest BCUT2D eigenvalue weighted by Gasteiger charge is 2.53. The number of carbonyl (C=O) groups excluding carboxylic acids is 1. The fourth-order valence-electron chi connectivity index (χ4n) is 5.18. The quantitative estimate of drug-likeness (QED) is 0.506. The standard InChI is InChI=1S/C25H42N4O4S/c1-4-21(5-2)20-22-6-8-23(9-7-22)28-14-16-29(17-15-28)34(31,32)25(24(26)30)10-12-27(13-11-25)18-19-33-3/h6-9,21H,4-5,10-20H2,1-3H3,(H2,26,30). The molecule has 0 saturated carbocycles. The molecule has 0 unspecified atom stereocenters. The predicted octanol–water partition coefficient (Wildman–Crippen LogP) is 2.08. The molecule has 2 aliphatic rings. The first-order valence-electron chi connectivity index (χ1n) is 12.6. The number of ether oxygens (including phenoxy) is 1. The summed E-state index contributed by atoms with van der Waals surface area (Å²) in [5.74, 6) is -0.0154. The third-order valence-electron chi connectivity index (χ3n) is 7.78. The molecule has 9 heteroatoms. The lowest BCUT2D eigenvalue weighted by molar-refractivity contribution is -0.121. The number of anilines is 1. The van der Waals surface area contributed by atoms with E-state index in [0.717, 1.165) is 18.7 Å². The van der Waals surface area contributed by atoms with Gasteiger partial charge in [-0.3, -0.25) is 4.79 Å². The number of carbonyl (C=O) groups is 1. The van der Waals surface area contributed by atoms with Crippen molar-refractivity contribution in [2.45, 2.75) is 50.7 Å². The summed E-state index contributed by atoms with van der Waals surface area (Å²) < 4.78 is 32.4. The second kappa shape index (κ2) is 11.8. The van der Waals surface area contributed by atoms with Gasteiger partial charge in [0.1, 0.15) is 0 Å². The molecule has 2 N–H and O–H groups in total. The molecule has 1 amide bonds. The van der Waals surface area contributed by atoms with Crippen LogP contribution < -0.4 is 10.6 Å². The molecule has 0 spiro atoms. The summed E-state index contributed by atoms with van der Waals surface area (Å²) in [6, 6.07) is 8.66. The Morgan fingerprint density at radius 2 is 1.62 bits per heavy atom. The molecule has 2 fully saturated rings. The Kier molecular flexibility index (Phi) is 9.37. The summed E-state index contributed by atoms with van der Waals surface area (Å²) in [4.78, 5) is 16.8. The smallest absolute Gasteiger partial charge is 0.240 e. The second-order valence-corrected chi connectivity index (χ2v) is 11.9. The number of likely N-dealkylation sites (tertiary alicyclic amines) is 1. The maximum absolute atomic E-state index is 13.6. The largest absolute Gasteiger partial charge is 0.383 e. The van der Waals surface area contributed by atoms with Gasteiger partial charge in [0.2, 0.25) is 15.9 Å².